The van der Waals surface area contributed by atoms with Crippen molar-refractivity contribution in [2.75, 3.05) is 0 Å². The highest BCUT2D eigenvalue weighted by molar-refractivity contribution is 6.03. The molecule has 0 heterocycles. The number of rotatable bonds is 5. The van der Waals surface area contributed by atoms with Crippen molar-refractivity contribution < 1.29 is 0 Å². The van der Waals surface area contributed by atoms with E-state index in [1.165, 1.54) is 111 Å². The van der Waals surface area contributed by atoms with Gasteiger partial charge in [0.1, 0.15) is 0 Å². The third-order valence-corrected chi connectivity index (χ3v) is 14.4. The minimum Gasteiger partial charge on any atom is -0.0833 e. The molecule has 0 bridgehead atoms. The second kappa shape index (κ2) is 13.5. The fourth-order valence-corrected chi connectivity index (χ4v) is 11.4. The number of hydrogen-bond donors (Lipinski definition) is 0. The van der Waals surface area contributed by atoms with Crippen molar-refractivity contribution in [2.24, 2.45) is 5.92 Å². The Kier molecular flexibility index (Phi) is 7.94. The Morgan fingerprint density at radius 1 is 0.410 bits per heavy atom. The van der Waals surface area contributed by atoms with Gasteiger partial charge in [-0.1, -0.05) is 195 Å². The van der Waals surface area contributed by atoms with Gasteiger partial charge in [0.2, 0.25) is 0 Å². The van der Waals surface area contributed by atoms with Crippen LogP contribution in [0.2, 0.25) is 0 Å². The summed E-state index contributed by atoms with van der Waals surface area (Å²) in [6.07, 6.45) is 5.86. The number of aryl methyl sites for hydroxylation is 1. The van der Waals surface area contributed by atoms with E-state index in [2.05, 4.69) is 227 Å². The van der Waals surface area contributed by atoms with Gasteiger partial charge in [0, 0.05) is 0 Å². The van der Waals surface area contributed by atoms with Gasteiger partial charge in [-0.2, -0.15) is 0 Å². The van der Waals surface area contributed by atoms with Crippen molar-refractivity contribution in [3.63, 3.8) is 0 Å². The predicted octanol–water partition coefficient (Wildman–Crippen LogP) is 15.8. The molecule has 290 valence electrons. The molecule has 2 atom stereocenters. The van der Waals surface area contributed by atoms with E-state index < -0.39 is 5.41 Å². The first-order chi connectivity index (χ1) is 29.9. The van der Waals surface area contributed by atoms with E-state index in [9.17, 15) is 0 Å². The zero-order chi connectivity index (χ0) is 40.9. The van der Waals surface area contributed by atoms with Crippen LogP contribution < -0.4 is 0 Å². The molecular weight excluding hydrogens is 733 g/mol. The minimum atomic E-state index is -0.507. The molecule has 3 aliphatic carbocycles. The average Bonchev–Trinajstić information content (AvgIpc) is 3.74. The molecule has 0 heteroatoms. The van der Waals surface area contributed by atoms with Gasteiger partial charge < -0.3 is 0 Å². The van der Waals surface area contributed by atoms with Crippen LogP contribution in [0.25, 0.3) is 66.1 Å². The van der Waals surface area contributed by atoms with Crippen LogP contribution in [0.15, 0.2) is 206 Å². The van der Waals surface area contributed by atoms with Crippen molar-refractivity contribution >= 4 is 32.7 Å². The third-order valence-electron chi connectivity index (χ3n) is 14.4. The van der Waals surface area contributed by atoms with Gasteiger partial charge in [0.25, 0.3) is 0 Å². The van der Waals surface area contributed by atoms with Crippen LogP contribution in [0, 0.1) is 12.8 Å². The molecule has 0 radical (unpaired) electrons. The van der Waals surface area contributed by atoms with E-state index in [0.717, 1.165) is 6.42 Å². The smallest absolute Gasteiger partial charge is 0.0713 e. The topological polar surface area (TPSA) is 0 Å². The van der Waals surface area contributed by atoms with Gasteiger partial charge in [-0.05, 0) is 160 Å². The lowest BCUT2D eigenvalue weighted by molar-refractivity contribution is 0.415. The second-order valence-electron chi connectivity index (χ2n) is 18.1. The Balaban J connectivity index is 0.988. The predicted molar refractivity (Wildman–Crippen MR) is 258 cm³/mol. The van der Waals surface area contributed by atoms with Gasteiger partial charge in [-0.15, -0.1) is 0 Å². The molecule has 0 aliphatic heterocycles. The first-order valence-corrected chi connectivity index (χ1v) is 21.8. The van der Waals surface area contributed by atoms with E-state index in [4.69, 9.17) is 0 Å². The summed E-state index contributed by atoms with van der Waals surface area (Å²) in [5.74, 6) is 0.489. The molecule has 0 aromatic heterocycles. The molecule has 0 fully saturated rings. The number of benzene rings is 9. The van der Waals surface area contributed by atoms with Crippen molar-refractivity contribution in [3.8, 4) is 33.4 Å². The van der Waals surface area contributed by atoms with Crippen molar-refractivity contribution in [2.45, 2.75) is 38.0 Å². The number of allylic oxidation sites excluding steroid dienone is 4. The Morgan fingerprint density at radius 3 is 1.74 bits per heavy atom. The van der Waals surface area contributed by atoms with E-state index in [1.807, 2.05) is 0 Å². The largest absolute Gasteiger partial charge is 0.0833 e. The highest BCUT2D eigenvalue weighted by Crippen LogP contribution is 2.58. The molecule has 9 aromatic carbocycles. The maximum absolute atomic E-state index is 2.48. The van der Waals surface area contributed by atoms with Gasteiger partial charge in [0.05, 0.1) is 5.41 Å². The molecule has 0 spiro atoms. The van der Waals surface area contributed by atoms with Crippen molar-refractivity contribution in [1.82, 2.24) is 0 Å². The van der Waals surface area contributed by atoms with E-state index in [1.54, 1.807) is 0 Å². The lowest BCUT2D eigenvalue weighted by Crippen LogP contribution is -2.28. The summed E-state index contributed by atoms with van der Waals surface area (Å²) < 4.78 is 0. The highest BCUT2D eigenvalue weighted by atomic mass is 14.5. The van der Waals surface area contributed by atoms with Crippen molar-refractivity contribution in [1.29, 1.82) is 0 Å². The normalized spacial score (nSPS) is 18.2. The quantitative estimate of drug-likeness (QED) is 0.163. The molecule has 2 unspecified atom stereocenters. The standard InChI is InChI=1S/C61H46/c1-39-23-24-42-34-45(26-25-41(42)33-39)47-31-32-53-52-17-7-10-21-56(52)61(58(53)38-47,49-14-5-4-6-15-49)50-16-11-13-40(37-50)43-27-28-46-36-48(30-29-44(46)35-43)51-19-12-22-57-59(51)54-18-8-9-20-55(54)60(57,2)3/h4-21,23-38,57H,22H2,1-3H3. The molecule has 12 rings (SSSR count). The van der Waals surface area contributed by atoms with Crippen LogP contribution in [0.5, 0.6) is 0 Å². The Labute approximate surface area is 359 Å². The molecule has 0 nitrogen and oxygen atoms in total. The lowest BCUT2D eigenvalue weighted by atomic mass is 9.67. The molecular formula is C61H46. The molecule has 3 aliphatic rings. The first kappa shape index (κ1) is 35.9. The Hall–Kier alpha value is -7.02. The minimum absolute atomic E-state index is 0.114. The zero-order valence-corrected chi connectivity index (χ0v) is 34.9. The van der Waals surface area contributed by atoms with Gasteiger partial charge in [-0.3, -0.25) is 0 Å². The summed E-state index contributed by atoms with van der Waals surface area (Å²) in [5, 5.41) is 5.06. The third kappa shape index (κ3) is 5.38. The summed E-state index contributed by atoms with van der Waals surface area (Å²) in [6, 6.07) is 73.6. The van der Waals surface area contributed by atoms with Crippen LogP contribution in [0.1, 0.15) is 64.8 Å². The molecule has 9 aromatic rings. The summed E-state index contributed by atoms with van der Waals surface area (Å²) in [6.45, 7) is 7.01. The molecule has 0 N–H and O–H groups in total. The molecule has 61 heavy (non-hydrogen) atoms. The molecule has 0 saturated carbocycles. The molecule has 0 saturated heterocycles. The lowest BCUT2D eigenvalue weighted by Gasteiger charge is -2.34. The fraction of sp³-hybridized carbons (Fsp3) is 0.115. The average molecular weight is 779 g/mol. The SMILES string of the molecule is Cc1ccc2cc(-c3ccc4c(c3)C(c3ccccc3)(c3cccc(-c5ccc6cc(C7=C8c9ccccc9C(C)(C)C8CC=C7)ccc6c5)c3)c3ccccc3-4)ccc2c1. The Bertz CT molecular complexity index is 3320. The van der Waals surface area contributed by atoms with E-state index >= 15 is 0 Å². The fourth-order valence-electron chi connectivity index (χ4n) is 11.4. The van der Waals surface area contributed by atoms with E-state index in [-0.39, 0.29) is 5.41 Å². The van der Waals surface area contributed by atoms with Crippen LogP contribution in [0.3, 0.4) is 0 Å². The van der Waals surface area contributed by atoms with Gasteiger partial charge >= 0.3 is 0 Å². The first-order valence-electron chi connectivity index (χ1n) is 21.8. The summed E-state index contributed by atoms with van der Waals surface area (Å²) in [4.78, 5) is 0. The van der Waals surface area contributed by atoms with Crippen molar-refractivity contribution in [3.05, 3.63) is 251 Å². The van der Waals surface area contributed by atoms with Crippen LogP contribution in [-0.2, 0) is 10.8 Å². The second-order valence-corrected chi connectivity index (χ2v) is 18.1. The zero-order valence-electron chi connectivity index (χ0n) is 34.9. The number of fused-ring (bicyclic) bond motifs is 8. The summed E-state index contributed by atoms with van der Waals surface area (Å²) in [7, 11) is 0. The van der Waals surface area contributed by atoms with Crippen LogP contribution in [-0.4, -0.2) is 0 Å². The summed E-state index contributed by atoms with van der Waals surface area (Å²) in [5.41, 5.74) is 20.7. The van der Waals surface area contributed by atoms with E-state index in [0.29, 0.717) is 5.92 Å². The van der Waals surface area contributed by atoms with Crippen LogP contribution >= 0.6 is 0 Å². The van der Waals surface area contributed by atoms with Gasteiger partial charge in [-0.25, -0.2) is 0 Å². The maximum atomic E-state index is 2.48. The summed E-state index contributed by atoms with van der Waals surface area (Å²) >= 11 is 0. The van der Waals surface area contributed by atoms with Gasteiger partial charge in [0.15, 0.2) is 0 Å². The maximum Gasteiger partial charge on any atom is 0.0713 e. The number of hydrogen-bond acceptors (Lipinski definition) is 0. The molecule has 0 amide bonds. The van der Waals surface area contributed by atoms with Crippen LogP contribution in [0.4, 0.5) is 0 Å². The monoisotopic (exact) mass is 778 g/mol. The highest BCUT2D eigenvalue weighted by Gasteiger charge is 2.47. The Morgan fingerprint density at radius 2 is 0.967 bits per heavy atom.